The molecule has 26 heavy (non-hydrogen) atoms. The first-order chi connectivity index (χ1) is 12.0. The minimum absolute atomic E-state index is 0.595. The quantitative estimate of drug-likeness (QED) is 0.269. The van der Waals surface area contributed by atoms with Crippen molar-refractivity contribution in [2.45, 2.75) is 22.0 Å². The van der Waals surface area contributed by atoms with Gasteiger partial charge in [0.15, 0.2) is 10.1 Å². The molecule has 0 bridgehead atoms. The zero-order valence-corrected chi connectivity index (χ0v) is 17.3. The van der Waals surface area contributed by atoms with E-state index in [1.165, 1.54) is 15.4 Å². The van der Waals surface area contributed by atoms with Gasteiger partial charge in [-0.1, -0.05) is 0 Å². The first kappa shape index (κ1) is 22.8. The summed E-state index contributed by atoms with van der Waals surface area (Å²) in [6.07, 6.45) is 0. The van der Waals surface area contributed by atoms with E-state index in [9.17, 15) is 13.2 Å². The molecule has 142 valence electrons. The molecule has 2 aromatic rings. The third kappa shape index (κ3) is 8.42. The van der Waals surface area contributed by atoms with Crippen molar-refractivity contribution in [3.63, 3.8) is 0 Å². The van der Waals surface area contributed by atoms with Crippen LogP contribution in [0.15, 0.2) is 70.5 Å². The molecule has 0 fully saturated rings. The number of hydrogen-bond acceptors (Lipinski definition) is 4. The van der Waals surface area contributed by atoms with Crippen LogP contribution >= 0.6 is 11.8 Å². The molecule has 2 rings (SSSR count). The fourth-order valence-corrected chi connectivity index (χ4v) is 4.92. The van der Waals surface area contributed by atoms with Gasteiger partial charge < -0.3 is 4.55 Å². The van der Waals surface area contributed by atoms with Crippen LogP contribution in [0.4, 0.5) is 13.2 Å². The zero-order chi connectivity index (χ0) is 19.8. The smallest absolute Gasteiger partial charge is 0.485 e. The minimum atomic E-state index is -6.09. The van der Waals surface area contributed by atoms with Gasteiger partial charge in [-0.3, -0.25) is 0 Å². The van der Waals surface area contributed by atoms with Crippen LogP contribution in [0.5, 0.6) is 0 Å². The van der Waals surface area contributed by atoms with E-state index in [1.807, 2.05) is 11.8 Å². The molecule has 0 N–H and O–H groups in total. The van der Waals surface area contributed by atoms with Crippen molar-refractivity contribution < 1.29 is 26.1 Å². The topological polar surface area (TPSA) is 57.2 Å². The van der Waals surface area contributed by atoms with Crippen molar-refractivity contribution >= 4 is 40.7 Å². The molecule has 0 saturated carbocycles. The fourth-order valence-electron chi connectivity index (χ4n) is 1.58. The summed E-state index contributed by atoms with van der Waals surface area (Å²) in [5.74, 6) is 4.68. The average molecular weight is 469 g/mol. The van der Waals surface area contributed by atoms with Crippen LogP contribution in [-0.4, -0.2) is 32.4 Å². The Hall–Kier alpha value is -1.25. The molecule has 0 amide bonds. The number of thioether (sulfide) groups is 1. The molecule has 0 spiro atoms. The molecule has 0 aliphatic heterocycles. The molecule has 2 aromatic carbocycles. The van der Waals surface area contributed by atoms with Gasteiger partial charge in [0.2, 0.25) is 0 Å². The summed E-state index contributed by atoms with van der Waals surface area (Å²) in [5.41, 5.74) is -4.32. The normalized spacial score (nSPS) is 12.5. The Labute approximate surface area is 160 Å². The van der Waals surface area contributed by atoms with E-state index < -0.39 is 29.5 Å². The maximum atomic E-state index is 10.7. The van der Waals surface area contributed by atoms with Crippen molar-refractivity contribution in [3.05, 3.63) is 71.2 Å². The summed E-state index contributed by atoms with van der Waals surface area (Å²) < 4.78 is 58.9. The molecular weight excluding hydrogens is 452 g/mol. The largest absolute Gasteiger partial charge is 0.741 e. The second-order valence-corrected chi connectivity index (χ2v) is 11.7. The molecule has 9 heteroatoms. The fraction of sp³-hybridized carbons (Fsp3) is 0.176. The number of halogens is 3. The second kappa shape index (κ2) is 10.2. The third-order valence-electron chi connectivity index (χ3n) is 2.66. The summed E-state index contributed by atoms with van der Waals surface area (Å²) in [4.78, 5) is 5.14. The predicted molar refractivity (Wildman–Crippen MR) is 100.0 cm³/mol. The zero-order valence-electron chi connectivity index (χ0n) is 13.9. The predicted octanol–water partition coefficient (Wildman–Crippen LogP) is 5.16. The third-order valence-corrected chi connectivity index (χ3v) is 6.12. The summed E-state index contributed by atoms with van der Waals surface area (Å²) in [6.45, 7) is 0. The van der Waals surface area contributed by atoms with Crippen LogP contribution in [0.2, 0.25) is 11.6 Å². The summed E-state index contributed by atoms with van der Waals surface area (Å²) in [5, 5.41) is 0. The Morgan fingerprint density at radius 2 is 1.42 bits per heavy atom. The summed E-state index contributed by atoms with van der Waals surface area (Å²) in [7, 11) is -6.09. The standard InChI is InChI=1S/C16H17SSe.CHF3O3S/c1-18(2)13-16(14-9-5-3-6-10-14)17-15-11-7-4-8-12-15;2-1(3,4)8(5,6)7/h3-13H,1-2H3;(H,5,6,7)/q+1;/p-1/b16-13-;. The number of alkyl halides is 3. The van der Waals surface area contributed by atoms with Crippen LogP contribution in [0.1, 0.15) is 5.56 Å². The van der Waals surface area contributed by atoms with Gasteiger partial charge in [-0.15, -0.1) is 0 Å². The van der Waals surface area contributed by atoms with E-state index in [0.29, 0.717) is 0 Å². The minimum Gasteiger partial charge on any atom is -0.741 e. The SMILES string of the molecule is C[Se+](C)/C=C(\Sc1ccccc1)c1ccccc1.O=S(=O)([O-])C(F)(F)F. The van der Waals surface area contributed by atoms with Crippen LogP contribution < -0.4 is 0 Å². The van der Waals surface area contributed by atoms with Gasteiger partial charge in [0.1, 0.15) is 0 Å². The molecule has 0 atom stereocenters. The van der Waals surface area contributed by atoms with E-state index >= 15 is 0 Å². The molecule has 3 nitrogen and oxygen atoms in total. The van der Waals surface area contributed by atoms with Crippen LogP contribution in [-0.2, 0) is 10.1 Å². The van der Waals surface area contributed by atoms with Crippen molar-refractivity contribution in [1.82, 2.24) is 0 Å². The van der Waals surface area contributed by atoms with Gasteiger partial charge in [0, 0.05) is 0 Å². The van der Waals surface area contributed by atoms with Gasteiger partial charge in [-0.2, -0.15) is 13.2 Å². The Balaban J connectivity index is 0.000000359. The number of hydrogen-bond donors (Lipinski definition) is 0. The van der Waals surface area contributed by atoms with Crippen LogP contribution in [0.25, 0.3) is 4.91 Å². The van der Waals surface area contributed by atoms with Crippen LogP contribution in [0.3, 0.4) is 0 Å². The first-order valence-corrected chi connectivity index (χ1v) is 13.7. The van der Waals surface area contributed by atoms with Crippen molar-refractivity contribution in [1.29, 1.82) is 0 Å². The Morgan fingerprint density at radius 1 is 1.00 bits per heavy atom. The molecule has 0 saturated heterocycles. The molecule has 0 radical (unpaired) electrons. The molecule has 0 aromatic heterocycles. The Morgan fingerprint density at radius 3 is 1.81 bits per heavy atom. The van der Waals surface area contributed by atoms with Gasteiger partial charge >= 0.3 is 124 Å². The molecule has 0 unspecified atom stereocenters. The monoisotopic (exact) mass is 470 g/mol. The van der Waals surface area contributed by atoms with Gasteiger partial charge in [-0.05, 0) is 0 Å². The van der Waals surface area contributed by atoms with E-state index in [2.05, 4.69) is 77.3 Å². The van der Waals surface area contributed by atoms with E-state index in [4.69, 9.17) is 13.0 Å². The summed E-state index contributed by atoms with van der Waals surface area (Å²) in [6, 6.07) is 21.2. The van der Waals surface area contributed by atoms with Crippen molar-refractivity contribution in [2.75, 3.05) is 0 Å². The number of benzene rings is 2. The van der Waals surface area contributed by atoms with Gasteiger partial charge in [0.05, 0.1) is 0 Å². The van der Waals surface area contributed by atoms with E-state index in [-0.39, 0.29) is 0 Å². The van der Waals surface area contributed by atoms with Crippen molar-refractivity contribution in [2.24, 2.45) is 0 Å². The number of rotatable bonds is 4. The molecule has 0 aliphatic rings. The maximum absolute atomic E-state index is 10.7. The first-order valence-electron chi connectivity index (χ1n) is 7.09. The Kier molecular flexibility index (Phi) is 8.92. The van der Waals surface area contributed by atoms with Crippen molar-refractivity contribution in [3.8, 4) is 0 Å². The van der Waals surface area contributed by atoms with Gasteiger partial charge in [0.25, 0.3) is 0 Å². The van der Waals surface area contributed by atoms with E-state index in [0.717, 1.165) is 0 Å². The molecule has 0 aliphatic carbocycles. The van der Waals surface area contributed by atoms with Crippen LogP contribution in [0, 0.1) is 0 Å². The average Bonchev–Trinajstić information content (AvgIpc) is 2.54. The maximum Gasteiger partial charge on any atom is 0.485 e. The molecule has 0 heterocycles. The van der Waals surface area contributed by atoms with E-state index in [1.54, 1.807) is 0 Å². The second-order valence-electron chi connectivity index (χ2n) is 5.04. The Bertz CT molecular complexity index is 806. The molecular formula is C17H17F3O3S2Se. The van der Waals surface area contributed by atoms with Gasteiger partial charge in [-0.25, -0.2) is 8.42 Å². The summed E-state index contributed by atoms with van der Waals surface area (Å²) >= 11 is 1.27.